The Kier molecular flexibility index (Phi) is 67.0. The van der Waals surface area contributed by atoms with E-state index in [0.717, 1.165) is 109 Å². The van der Waals surface area contributed by atoms with Gasteiger partial charge in [-0.2, -0.15) is 0 Å². The number of carbonyl (C=O) groups is 2. The zero-order chi connectivity index (χ0) is 65.5. The Bertz CT molecular complexity index is 1940. The van der Waals surface area contributed by atoms with E-state index in [2.05, 4.69) is 135 Å². The minimum Gasteiger partial charge on any atom is -0.756 e. The van der Waals surface area contributed by atoms with Crippen molar-refractivity contribution >= 4 is 19.8 Å². The SMILES string of the molecule is CC/C=C\C/C=C\C/C=C\C/C=C\C/C=C\C/C=C\C/C=C\C/C=C\C/C=C\C/C=C\CCCCCCCCCCC(=O)OC(COC(=O)CCCCCCCCCCCCCCCCCCCCCCCCCCCCC)COP(=O)([O-])OCC[N+](C)(C)C. The standard InChI is InChI=1S/C80H140NO8P/c1-6-8-10-12-14-16-18-20-22-24-26-28-30-32-34-35-36-37-38-39-40-41-42-43-44-45-47-49-51-53-55-57-59-61-63-65-67-69-71-73-80(83)89-78(77-88-90(84,85)87-75-74-81(3,4)5)76-86-79(82)72-70-68-66-64-62-60-58-56-54-52-50-48-46-33-31-29-27-25-23-21-19-17-15-13-11-9-7-2/h8,10,14,16,20,22,26,28,32,34,36-37,39-40,42-43,45,47,51,53,78H,6-7,9,11-13,15,17-19,21,23-25,27,29-31,33,35,38,41,44,46,48-50,52,54-77H2,1-5H3/b10-8-,16-14-,22-20-,28-26-,34-32-,37-36-,40-39-,43-42-,47-45-,53-51-. The van der Waals surface area contributed by atoms with Crippen molar-refractivity contribution in [2.45, 2.75) is 328 Å². The maximum atomic E-state index is 12.9. The van der Waals surface area contributed by atoms with Gasteiger partial charge in [0.2, 0.25) is 0 Å². The number of phosphoric ester groups is 1. The minimum absolute atomic E-state index is 0.0362. The summed E-state index contributed by atoms with van der Waals surface area (Å²) >= 11 is 0. The fourth-order valence-electron chi connectivity index (χ4n) is 10.3. The highest BCUT2D eigenvalue weighted by molar-refractivity contribution is 7.45. The number of esters is 2. The van der Waals surface area contributed by atoms with E-state index in [1.54, 1.807) is 0 Å². The van der Waals surface area contributed by atoms with Crippen LogP contribution >= 0.6 is 7.82 Å². The van der Waals surface area contributed by atoms with Crippen LogP contribution in [-0.4, -0.2) is 70.0 Å². The third-order valence-electron chi connectivity index (χ3n) is 16.0. The van der Waals surface area contributed by atoms with Crippen molar-refractivity contribution in [1.82, 2.24) is 0 Å². The number of hydrogen-bond donors (Lipinski definition) is 0. The van der Waals surface area contributed by atoms with E-state index in [4.69, 9.17) is 18.5 Å². The molecule has 0 heterocycles. The normalized spacial score (nSPS) is 13.8. The third-order valence-corrected chi connectivity index (χ3v) is 17.0. The van der Waals surface area contributed by atoms with Gasteiger partial charge in [-0.3, -0.25) is 14.2 Å². The van der Waals surface area contributed by atoms with Crippen LogP contribution in [0.15, 0.2) is 122 Å². The van der Waals surface area contributed by atoms with Crippen LogP contribution in [0.3, 0.4) is 0 Å². The van der Waals surface area contributed by atoms with Crippen molar-refractivity contribution in [3.63, 3.8) is 0 Å². The maximum absolute atomic E-state index is 12.9. The smallest absolute Gasteiger partial charge is 0.306 e. The molecular weight excluding hydrogens is 1130 g/mol. The van der Waals surface area contributed by atoms with Gasteiger partial charge in [0.05, 0.1) is 27.7 Å². The van der Waals surface area contributed by atoms with E-state index in [1.165, 1.54) is 180 Å². The molecule has 0 bridgehead atoms. The van der Waals surface area contributed by atoms with Crippen molar-refractivity contribution < 1.29 is 42.1 Å². The van der Waals surface area contributed by atoms with E-state index in [0.29, 0.717) is 17.4 Å². The summed E-state index contributed by atoms with van der Waals surface area (Å²) in [5.74, 6) is -0.836. The zero-order valence-electron chi connectivity index (χ0n) is 59.1. The maximum Gasteiger partial charge on any atom is 0.306 e. The molecule has 0 saturated carbocycles. The lowest BCUT2D eigenvalue weighted by atomic mass is 10.0. The summed E-state index contributed by atoms with van der Waals surface area (Å²) in [6, 6.07) is 0. The second-order valence-corrected chi connectivity index (χ2v) is 27.3. The average Bonchev–Trinajstić information content (AvgIpc) is 3.58. The van der Waals surface area contributed by atoms with E-state index in [1.807, 2.05) is 21.1 Å². The summed E-state index contributed by atoms with van der Waals surface area (Å²) in [6.45, 7) is 4.15. The van der Waals surface area contributed by atoms with E-state index in [-0.39, 0.29) is 32.0 Å². The van der Waals surface area contributed by atoms with E-state index < -0.39 is 26.5 Å². The van der Waals surface area contributed by atoms with Gasteiger partial charge >= 0.3 is 11.9 Å². The highest BCUT2D eigenvalue weighted by Gasteiger charge is 2.22. The van der Waals surface area contributed by atoms with Crippen LogP contribution in [0, 0.1) is 0 Å². The first-order valence-corrected chi connectivity index (χ1v) is 38.7. The fraction of sp³-hybridized carbons (Fsp3) is 0.725. The number of unbranched alkanes of at least 4 members (excludes halogenated alkanes) is 34. The quantitative estimate of drug-likeness (QED) is 0.0195. The highest BCUT2D eigenvalue weighted by atomic mass is 31.2. The molecule has 0 aromatic rings. The van der Waals surface area contributed by atoms with Gasteiger partial charge in [-0.05, 0) is 89.9 Å². The molecule has 9 nitrogen and oxygen atoms in total. The molecular formula is C80H140NO8P. The summed E-state index contributed by atoms with van der Waals surface area (Å²) in [5.41, 5.74) is 0. The molecule has 0 aliphatic rings. The van der Waals surface area contributed by atoms with Crippen LogP contribution in [0.4, 0.5) is 0 Å². The van der Waals surface area contributed by atoms with Gasteiger partial charge in [0.1, 0.15) is 19.8 Å². The highest BCUT2D eigenvalue weighted by Crippen LogP contribution is 2.38. The molecule has 90 heavy (non-hydrogen) atoms. The Hall–Kier alpha value is -3.59. The molecule has 0 aromatic carbocycles. The fourth-order valence-corrected chi connectivity index (χ4v) is 11.1. The summed E-state index contributed by atoms with van der Waals surface area (Å²) < 4.78 is 34.3. The predicted molar refractivity (Wildman–Crippen MR) is 388 cm³/mol. The largest absolute Gasteiger partial charge is 0.756 e. The van der Waals surface area contributed by atoms with E-state index >= 15 is 0 Å². The Morgan fingerprint density at radius 2 is 0.633 bits per heavy atom. The molecule has 0 spiro atoms. The second-order valence-electron chi connectivity index (χ2n) is 25.9. The molecule has 0 saturated heterocycles. The first kappa shape index (κ1) is 86.4. The van der Waals surface area contributed by atoms with Gasteiger partial charge in [-0.1, -0.05) is 341 Å². The summed E-state index contributed by atoms with van der Waals surface area (Å²) in [5, 5.41) is 0. The Labute approximate surface area is 556 Å². The Balaban J connectivity index is 4.08. The number of quaternary nitrogens is 1. The van der Waals surface area contributed by atoms with Crippen molar-refractivity contribution in [3.8, 4) is 0 Å². The van der Waals surface area contributed by atoms with Crippen LogP contribution in [-0.2, 0) is 32.7 Å². The van der Waals surface area contributed by atoms with Gasteiger partial charge < -0.3 is 27.9 Å². The number of phosphoric acid groups is 1. The molecule has 0 rings (SSSR count). The Morgan fingerprint density at radius 3 is 0.944 bits per heavy atom. The van der Waals surface area contributed by atoms with Crippen LogP contribution < -0.4 is 4.89 Å². The van der Waals surface area contributed by atoms with Crippen molar-refractivity contribution in [2.24, 2.45) is 0 Å². The van der Waals surface area contributed by atoms with Gasteiger partial charge in [0.25, 0.3) is 7.82 Å². The van der Waals surface area contributed by atoms with Crippen LogP contribution in [0.5, 0.6) is 0 Å². The minimum atomic E-state index is -4.65. The molecule has 2 atom stereocenters. The lowest BCUT2D eigenvalue weighted by Crippen LogP contribution is -2.37. The van der Waals surface area contributed by atoms with Gasteiger partial charge in [-0.15, -0.1) is 0 Å². The molecule has 0 aromatic heterocycles. The zero-order valence-corrected chi connectivity index (χ0v) is 59.9. The van der Waals surface area contributed by atoms with Gasteiger partial charge in [0, 0.05) is 12.8 Å². The molecule has 0 radical (unpaired) electrons. The van der Waals surface area contributed by atoms with Crippen LogP contribution in [0.25, 0.3) is 0 Å². The van der Waals surface area contributed by atoms with E-state index in [9.17, 15) is 19.0 Å². The summed E-state index contributed by atoms with van der Waals surface area (Å²) in [6.07, 6.45) is 100. The molecule has 0 aliphatic heterocycles. The molecule has 0 N–H and O–H groups in total. The molecule has 0 aliphatic carbocycles. The number of likely N-dealkylation sites (N-methyl/N-ethyl adjacent to an activating group) is 1. The number of hydrogen-bond acceptors (Lipinski definition) is 8. The number of rotatable bonds is 68. The Morgan fingerprint density at radius 1 is 0.356 bits per heavy atom. The van der Waals surface area contributed by atoms with Crippen molar-refractivity contribution in [3.05, 3.63) is 122 Å². The average molecular weight is 1270 g/mol. The second kappa shape index (κ2) is 69.7. The number of nitrogens with zero attached hydrogens (tertiary/aromatic N) is 1. The molecule has 2 unspecified atom stereocenters. The van der Waals surface area contributed by atoms with Crippen molar-refractivity contribution in [1.29, 1.82) is 0 Å². The van der Waals surface area contributed by atoms with Crippen LogP contribution in [0.2, 0.25) is 0 Å². The number of carbonyl (C=O) groups excluding carboxylic acids is 2. The number of allylic oxidation sites excluding steroid dienone is 20. The summed E-state index contributed by atoms with van der Waals surface area (Å²) in [7, 11) is 1.16. The topological polar surface area (TPSA) is 111 Å². The molecule has 0 amide bonds. The first-order valence-electron chi connectivity index (χ1n) is 37.2. The monoisotopic (exact) mass is 1270 g/mol. The third kappa shape index (κ3) is 73.5. The lowest BCUT2D eigenvalue weighted by molar-refractivity contribution is -0.870. The first-order chi connectivity index (χ1) is 44.0. The predicted octanol–water partition coefficient (Wildman–Crippen LogP) is 24.0. The number of ether oxygens (including phenoxy) is 2. The van der Waals surface area contributed by atoms with Crippen molar-refractivity contribution in [2.75, 3.05) is 47.5 Å². The molecule has 0 fully saturated rings. The lowest BCUT2D eigenvalue weighted by Gasteiger charge is -2.28. The summed E-state index contributed by atoms with van der Waals surface area (Å²) in [4.78, 5) is 38.1. The van der Waals surface area contributed by atoms with Gasteiger partial charge in [-0.25, -0.2) is 0 Å². The molecule has 10 heteroatoms. The van der Waals surface area contributed by atoms with Crippen LogP contribution in [0.1, 0.15) is 322 Å². The molecule has 518 valence electrons. The van der Waals surface area contributed by atoms with Gasteiger partial charge in [0.15, 0.2) is 6.10 Å².